The Bertz CT molecular complexity index is 865. The van der Waals surface area contributed by atoms with E-state index in [-0.39, 0.29) is 5.91 Å². The molecule has 4 rings (SSSR count). The Morgan fingerprint density at radius 1 is 1.07 bits per heavy atom. The highest BCUT2D eigenvalue weighted by atomic mass is 35.5. The van der Waals surface area contributed by atoms with Gasteiger partial charge in [0.25, 0.3) is 0 Å². The van der Waals surface area contributed by atoms with Crippen molar-refractivity contribution >= 4 is 29.3 Å². The first-order chi connectivity index (χ1) is 13.7. The third kappa shape index (κ3) is 4.22. The van der Waals surface area contributed by atoms with Gasteiger partial charge in [-0.1, -0.05) is 11.6 Å². The maximum Gasteiger partial charge on any atom is 0.246 e. The molecule has 6 nitrogen and oxygen atoms in total. The van der Waals surface area contributed by atoms with Crippen LogP contribution in [0.25, 0.3) is 6.08 Å². The molecule has 28 heavy (non-hydrogen) atoms. The molecule has 1 amide bonds. The second-order valence-corrected chi connectivity index (χ2v) is 7.14. The van der Waals surface area contributed by atoms with E-state index >= 15 is 0 Å². The van der Waals surface area contributed by atoms with Crippen LogP contribution in [0.5, 0.6) is 11.5 Å². The fraction of sp³-hybridized carbons (Fsp3) is 0.333. The summed E-state index contributed by atoms with van der Waals surface area (Å²) in [6.45, 7) is 4.17. The van der Waals surface area contributed by atoms with Crippen molar-refractivity contribution in [1.82, 2.24) is 9.88 Å². The summed E-state index contributed by atoms with van der Waals surface area (Å²) in [4.78, 5) is 20.7. The van der Waals surface area contributed by atoms with Crippen molar-refractivity contribution < 1.29 is 14.3 Å². The number of amides is 1. The third-order valence-corrected chi connectivity index (χ3v) is 5.14. The monoisotopic (exact) mass is 399 g/mol. The molecular weight excluding hydrogens is 378 g/mol. The van der Waals surface area contributed by atoms with Crippen molar-refractivity contribution in [2.75, 3.05) is 44.3 Å². The van der Waals surface area contributed by atoms with E-state index in [0.29, 0.717) is 42.8 Å². The summed E-state index contributed by atoms with van der Waals surface area (Å²) in [5, 5.41) is 0.498. The van der Waals surface area contributed by atoms with E-state index in [1.165, 1.54) is 0 Å². The van der Waals surface area contributed by atoms with E-state index < -0.39 is 0 Å². The summed E-state index contributed by atoms with van der Waals surface area (Å²) < 4.78 is 11.3. The first kappa shape index (κ1) is 18.6. The van der Waals surface area contributed by atoms with Gasteiger partial charge in [-0.15, -0.1) is 0 Å². The number of carbonyl (C=O) groups is 1. The van der Waals surface area contributed by atoms with Gasteiger partial charge in [0.15, 0.2) is 11.5 Å². The second kappa shape index (κ2) is 8.52. The molecule has 2 aliphatic rings. The molecule has 146 valence electrons. The average molecular weight is 400 g/mol. The average Bonchev–Trinajstić information content (AvgIpc) is 2.99. The van der Waals surface area contributed by atoms with Crippen LogP contribution in [0.3, 0.4) is 0 Å². The number of benzene rings is 1. The highest BCUT2D eigenvalue weighted by molar-refractivity contribution is 6.32. The molecule has 0 aliphatic carbocycles. The maximum atomic E-state index is 12.6. The number of fused-ring (bicyclic) bond motifs is 1. The first-order valence-corrected chi connectivity index (χ1v) is 9.79. The van der Waals surface area contributed by atoms with Gasteiger partial charge in [-0.05, 0) is 35.9 Å². The van der Waals surface area contributed by atoms with Crippen molar-refractivity contribution in [2.24, 2.45) is 0 Å². The number of piperazine rings is 1. The van der Waals surface area contributed by atoms with Gasteiger partial charge in [-0.25, -0.2) is 0 Å². The fourth-order valence-corrected chi connectivity index (χ4v) is 3.63. The summed E-state index contributed by atoms with van der Waals surface area (Å²) in [6.07, 6.45) is 7.77. The Balaban J connectivity index is 1.38. The SMILES string of the molecule is O=C(C=Cc1cc(Cl)c2c(c1)OCCCO2)N1CCN(c2ccncc2)CC1. The smallest absolute Gasteiger partial charge is 0.246 e. The zero-order chi connectivity index (χ0) is 19.3. The molecule has 0 bridgehead atoms. The standard InChI is InChI=1S/C21H22ClN3O3/c22-18-14-16(15-19-21(18)28-13-1-12-27-19)2-3-20(26)25-10-8-24(9-11-25)17-4-6-23-7-5-17/h2-7,14-15H,1,8-13H2. The Kier molecular flexibility index (Phi) is 5.67. The maximum absolute atomic E-state index is 12.6. The molecule has 3 heterocycles. The molecule has 0 spiro atoms. The molecule has 1 aromatic heterocycles. The normalized spacial score (nSPS) is 16.9. The number of ether oxygens (including phenoxy) is 2. The Labute approximate surface area is 169 Å². The summed E-state index contributed by atoms with van der Waals surface area (Å²) in [6, 6.07) is 7.63. The zero-order valence-electron chi connectivity index (χ0n) is 15.5. The van der Waals surface area contributed by atoms with Gasteiger partial charge < -0.3 is 19.3 Å². The summed E-state index contributed by atoms with van der Waals surface area (Å²) in [5.74, 6) is 1.20. The van der Waals surface area contributed by atoms with Gasteiger partial charge in [-0.2, -0.15) is 0 Å². The number of nitrogens with zero attached hydrogens (tertiary/aromatic N) is 3. The summed E-state index contributed by atoms with van der Waals surface area (Å²) in [7, 11) is 0. The van der Waals surface area contributed by atoms with Crippen molar-refractivity contribution in [2.45, 2.75) is 6.42 Å². The van der Waals surface area contributed by atoms with Crippen LogP contribution in [-0.2, 0) is 4.79 Å². The number of pyridine rings is 1. The molecule has 0 N–H and O–H groups in total. The van der Waals surface area contributed by atoms with Gasteiger partial charge in [0.1, 0.15) is 0 Å². The van der Waals surface area contributed by atoms with Crippen LogP contribution in [-0.4, -0.2) is 55.2 Å². The van der Waals surface area contributed by atoms with Crippen LogP contribution in [0.4, 0.5) is 5.69 Å². The first-order valence-electron chi connectivity index (χ1n) is 9.42. The van der Waals surface area contributed by atoms with E-state index in [1.54, 1.807) is 30.6 Å². The molecule has 1 fully saturated rings. The second-order valence-electron chi connectivity index (χ2n) is 6.73. The van der Waals surface area contributed by atoms with Crippen LogP contribution in [0.15, 0.2) is 42.7 Å². The fourth-order valence-electron chi connectivity index (χ4n) is 3.36. The molecule has 1 saturated heterocycles. The molecule has 2 aromatic rings. The van der Waals surface area contributed by atoms with Crippen LogP contribution < -0.4 is 14.4 Å². The number of halogens is 1. The number of rotatable bonds is 3. The lowest BCUT2D eigenvalue weighted by Crippen LogP contribution is -2.48. The molecule has 2 aliphatic heterocycles. The van der Waals surface area contributed by atoms with Gasteiger partial charge in [-0.3, -0.25) is 9.78 Å². The molecule has 0 unspecified atom stereocenters. The minimum absolute atomic E-state index is 0.00221. The van der Waals surface area contributed by atoms with Crippen molar-refractivity contribution in [3.05, 3.63) is 53.3 Å². The summed E-state index contributed by atoms with van der Waals surface area (Å²) in [5.41, 5.74) is 1.96. The molecule has 0 radical (unpaired) electrons. The number of carbonyl (C=O) groups excluding carboxylic acids is 1. The van der Waals surface area contributed by atoms with Crippen molar-refractivity contribution in [1.29, 1.82) is 0 Å². The lowest BCUT2D eigenvalue weighted by Gasteiger charge is -2.35. The van der Waals surface area contributed by atoms with Gasteiger partial charge in [0, 0.05) is 56.8 Å². The minimum Gasteiger partial charge on any atom is -0.489 e. The largest absolute Gasteiger partial charge is 0.489 e. The molecule has 0 atom stereocenters. The molecule has 7 heteroatoms. The third-order valence-electron chi connectivity index (χ3n) is 4.86. The van der Waals surface area contributed by atoms with Crippen molar-refractivity contribution in [3.8, 4) is 11.5 Å². The number of anilines is 1. The Morgan fingerprint density at radius 3 is 2.61 bits per heavy atom. The Morgan fingerprint density at radius 2 is 1.82 bits per heavy atom. The molecule has 1 aromatic carbocycles. The predicted octanol–water partition coefficient (Wildman–Crippen LogP) is 3.26. The van der Waals surface area contributed by atoms with Gasteiger partial charge in [0.05, 0.1) is 18.2 Å². The highest BCUT2D eigenvalue weighted by Crippen LogP contribution is 2.38. The molecular formula is C21H22ClN3O3. The Hall–Kier alpha value is -2.73. The topological polar surface area (TPSA) is 54.9 Å². The molecule has 0 saturated carbocycles. The number of aromatic nitrogens is 1. The quantitative estimate of drug-likeness (QED) is 0.741. The van der Waals surface area contributed by atoms with Gasteiger partial charge in [0.2, 0.25) is 5.91 Å². The van der Waals surface area contributed by atoms with E-state index in [1.807, 2.05) is 23.1 Å². The lowest BCUT2D eigenvalue weighted by molar-refractivity contribution is -0.126. The van der Waals surface area contributed by atoms with Crippen molar-refractivity contribution in [3.63, 3.8) is 0 Å². The summed E-state index contributed by atoms with van der Waals surface area (Å²) >= 11 is 6.31. The number of hydrogen-bond acceptors (Lipinski definition) is 5. The van der Waals surface area contributed by atoms with E-state index in [2.05, 4.69) is 9.88 Å². The highest BCUT2D eigenvalue weighted by Gasteiger charge is 2.20. The van der Waals surface area contributed by atoms with Crippen LogP contribution >= 0.6 is 11.6 Å². The zero-order valence-corrected chi connectivity index (χ0v) is 16.3. The van der Waals surface area contributed by atoms with Crippen LogP contribution in [0.1, 0.15) is 12.0 Å². The van der Waals surface area contributed by atoms with Crippen LogP contribution in [0.2, 0.25) is 5.02 Å². The minimum atomic E-state index is -0.00221. The van der Waals surface area contributed by atoms with Crippen LogP contribution in [0, 0.1) is 0 Å². The van der Waals surface area contributed by atoms with E-state index in [9.17, 15) is 4.79 Å². The van der Waals surface area contributed by atoms with E-state index in [0.717, 1.165) is 30.8 Å². The number of hydrogen-bond donors (Lipinski definition) is 0. The predicted molar refractivity (Wildman–Crippen MR) is 109 cm³/mol. The van der Waals surface area contributed by atoms with E-state index in [4.69, 9.17) is 21.1 Å². The lowest BCUT2D eigenvalue weighted by atomic mass is 10.1. The van der Waals surface area contributed by atoms with Gasteiger partial charge >= 0.3 is 0 Å².